The number of hydrazone groups is 1. The Labute approximate surface area is 276 Å². The normalized spacial score (nSPS) is 12.1. The van der Waals surface area contributed by atoms with Crippen molar-refractivity contribution in [3.63, 3.8) is 0 Å². The number of ether oxygens (including phenoxy) is 3. The molecule has 4 aromatic rings. The van der Waals surface area contributed by atoms with Crippen LogP contribution in [0.5, 0.6) is 17.2 Å². The number of halogens is 1. The number of benzene rings is 3. The van der Waals surface area contributed by atoms with Gasteiger partial charge in [0.15, 0.2) is 11.5 Å². The summed E-state index contributed by atoms with van der Waals surface area (Å²) in [7, 11) is 0.786. The smallest absolute Gasteiger partial charge is 0.280 e. The van der Waals surface area contributed by atoms with Crippen molar-refractivity contribution in [2.45, 2.75) is 32.6 Å². The summed E-state index contributed by atoms with van der Waals surface area (Å²) < 4.78 is 46.7. The molecule has 0 unspecified atom stereocenters. The number of carbonyl (C=O) groups excluding carboxylic acids is 1. The highest BCUT2D eigenvalue weighted by Gasteiger charge is 2.27. The Morgan fingerprint density at radius 3 is 2.07 bits per heavy atom. The number of fused-ring (bicyclic) bond motifs is 1. The molecule has 0 aliphatic carbocycles. The molecule has 1 amide bonds. The molecule has 0 saturated carbocycles. The SMILES string of the molecule is COc1cc(/C=N/N(C(=O)c2ccc(S(=O)(=O)N(CC(C)C)CC(C)C)cc2)c2nc3ccc(Br)cc3s2)cc(OC)c1OC. The van der Waals surface area contributed by atoms with Gasteiger partial charge >= 0.3 is 0 Å². The molecule has 1 aromatic heterocycles. The lowest BCUT2D eigenvalue weighted by Gasteiger charge is -2.25. The molecule has 240 valence electrons. The van der Waals surface area contributed by atoms with Gasteiger partial charge in [-0.3, -0.25) is 4.79 Å². The second-order valence-electron chi connectivity index (χ2n) is 11.1. The Balaban J connectivity index is 1.74. The second-order valence-corrected chi connectivity index (χ2v) is 14.9. The van der Waals surface area contributed by atoms with Gasteiger partial charge in [0.25, 0.3) is 5.91 Å². The quantitative estimate of drug-likeness (QED) is 0.108. The molecule has 0 atom stereocenters. The zero-order valence-corrected chi connectivity index (χ0v) is 29.5. The van der Waals surface area contributed by atoms with Crippen LogP contribution in [0.1, 0.15) is 43.6 Å². The highest BCUT2D eigenvalue weighted by Crippen LogP contribution is 2.38. The molecule has 0 bridgehead atoms. The van der Waals surface area contributed by atoms with Crippen LogP contribution in [0.3, 0.4) is 0 Å². The van der Waals surface area contributed by atoms with Crippen molar-refractivity contribution in [1.29, 1.82) is 0 Å². The van der Waals surface area contributed by atoms with Crippen LogP contribution in [-0.4, -0.2) is 64.2 Å². The van der Waals surface area contributed by atoms with Gasteiger partial charge in [0.1, 0.15) is 0 Å². The zero-order valence-electron chi connectivity index (χ0n) is 26.3. The third-order valence-corrected chi connectivity index (χ3v) is 9.93. The van der Waals surface area contributed by atoms with Crippen molar-refractivity contribution < 1.29 is 27.4 Å². The van der Waals surface area contributed by atoms with E-state index in [-0.39, 0.29) is 22.3 Å². The first-order valence-electron chi connectivity index (χ1n) is 14.2. The third kappa shape index (κ3) is 8.01. The summed E-state index contributed by atoms with van der Waals surface area (Å²) >= 11 is 4.79. The molecule has 0 fully saturated rings. The number of carbonyl (C=O) groups is 1. The molecule has 0 saturated heterocycles. The van der Waals surface area contributed by atoms with Gasteiger partial charge in [0.2, 0.25) is 20.9 Å². The predicted octanol–water partition coefficient (Wildman–Crippen LogP) is 7.07. The maximum absolute atomic E-state index is 14.0. The largest absolute Gasteiger partial charge is 0.493 e. The van der Waals surface area contributed by atoms with Crippen LogP contribution in [0.15, 0.2) is 69.1 Å². The van der Waals surface area contributed by atoms with Gasteiger partial charge in [0.05, 0.1) is 42.7 Å². The predicted molar refractivity (Wildman–Crippen MR) is 183 cm³/mol. The fraction of sp³-hybridized carbons (Fsp3) is 0.344. The van der Waals surface area contributed by atoms with E-state index >= 15 is 0 Å². The minimum absolute atomic E-state index is 0.123. The summed E-state index contributed by atoms with van der Waals surface area (Å²) in [4.78, 5) is 18.8. The van der Waals surface area contributed by atoms with Gasteiger partial charge < -0.3 is 14.2 Å². The highest BCUT2D eigenvalue weighted by atomic mass is 79.9. The molecule has 0 spiro atoms. The van der Waals surface area contributed by atoms with E-state index in [4.69, 9.17) is 14.2 Å². The van der Waals surface area contributed by atoms with Gasteiger partial charge in [-0.2, -0.15) is 14.4 Å². The van der Waals surface area contributed by atoms with E-state index in [1.807, 2.05) is 45.9 Å². The lowest BCUT2D eigenvalue weighted by atomic mass is 10.2. The molecule has 0 N–H and O–H groups in total. The molecule has 1 heterocycles. The number of sulfonamides is 1. The van der Waals surface area contributed by atoms with Crippen LogP contribution in [0, 0.1) is 11.8 Å². The van der Waals surface area contributed by atoms with E-state index in [1.165, 1.54) is 72.5 Å². The van der Waals surface area contributed by atoms with Crippen LogP contribution < -0.4 is 19.2 Å². The van der Waals surface area contributed by atoms with E-state index in [9.17, 15) is 13.2 Å². The number of hydrogen-bond donors (Lipinski definition) is 0. The van der Waals surface area contributed by atoms with Gasteiger partial charge in [-0.25, -0.2) is 13.4 Å². The lowest BCUT2D eigenvalue weighted by Crippen LogP contribution is -2.37. The number of methoxy groups -OCH3 is 3. The summed E-state index contributed by atoms with van der Waals surface area (Å²) in [6.07, 6.45) is 1.50. The first-order chi connectivity index (χ1) is 21.4. The lowest BCUT2D eigenvalue weighted by molar-refractivity contribution is 0.0987. The van der Waals surface area contributed by atoms with Crippen LogP contribution in [-0.2, 0) is 10.0 Å². The van der Waals surface area contributed by atoms with Gasteiger partial charge in [-0.05, 0) is 66.4 Å². The maximum atomic E-state index is 14.0. The average molecular weight is 718 g/mol. The summed E-state index contributed by atoms with van der Waals surface area (Å²) in [6.45, 7) is 8.74. The number of hydrogen-bond acceptors (Lipinski definition) is 9. The van der Waals surface area contributed by atoms with Crippen molar-refractivity contribution in [1.82, 2.24) is 9.29 Å². The second kappa shape index (κ2) is 14.7. The van der Waals surface area contributed by atoms with Crippen LogP contribution in [0.4, 0.5) is 5.13 Å². The number of aromatic nitrogens is 1. The van der Waals surface area contributed by atoms with E-state index in [0.717, 1.165) is 9.17 Å². The third-order valence-electron chi connectivity index (χ3n) is 6.60. The van der Waals surface area contributed by atoms with Crippen molar-refractivity contribution in [3.05, 3.63) is 70.2 Å². The van der Waals surface area contributed by atoms with E-state index in [2.05, 4.69) is 26.0 Å². The van der Waals surface area contributed by atoms with E-state index < -0.39 is 15.9 Å². The molecule has 45 heavy (non-hydrogen) atoms. The molecular weight excluding hydrogens is 680 g/mol. The Morgan fingerprint density at radius 2 is 1.53 bits per heavy atom. The van der Waals surface area contributed by atoms with Crippen molar-refractivity contribution in [3.8, 4) is 17.2 Å². The molecule has 0 aliphatic rings. The zero-order chi connectivity index (χ0) is 32.9. The average Bonchev–Trinajstić information content (AvgIpc) is 3.42. The molecule has 3 aromatic carbocycles. The summed E-state index contributed by atoms with van der Waals surface area (Å²) in [5.41, 5.74) is 1.54. The fourth-order valence-corrected chi connectivity index (χ4v) is 7.83. The number of rotatable bonds is 13. The maximum Gasteiger partial charge on any atom is 0.280 e. The Kier molecular flexibility index (Phi) is 11.2. The van der Waals surface area contributed by atoms with Gasteiger partial charge in [-0.15, -0.1) is 0 Å². The molecule has 13 heteroatoms. The summed E-state index contributed by atoms with van der Waals surface area (Å²) in [6, 6.07) is 15.0. The van der Waals surface area contributed by atoms with Crippen LogP contribution in [0.2, 0.25) is 0 Å². The van der Waals surface area contributed by atoms with Crippen LogP contribution >= 0.6 is 27.3 Å². The minimum atomic E-state index is -3.76. The Bertz CT molecular complexity index is 1750. The molecule has 0 radical (unpaired) electrons. The molecule has 10 nitrogen and oxygen atoms in total. The van der Waals surface area contributed by atoms with Crippen molar-refractivity contribution in [2.75, 3.05) is 39.4 Å². The topological polar surface area (TPSA) is 111 Å². The summed E-state index contributed by atoms with van der Waals surface area (Å²) in [5, 5.41) is 6.09. The highest BCUT2D eigenvalue weighted by molar-refractivity contribution is 9.10. The Morgan fingerprint density at radius 1 is 0.933 bits per heavy atom. The van der Waals surface area contributed by atoms with Crippen LogP contribution in [0.25, 0.3) is 10.2 Å². The first kappa shape index (κ1) is 34.4. The molecular formula is C32H37BrN4O6S2. The molecule has 4 rings (SSSR count). The number of anilines is 1. The Hall–Kier alpha value is -3.52. The molecule has 0 aliphatic heterocycles. The minimum Gasteiger partial charge on any atom is -0.493 e. The monoisotopic (exact) mass is 716 g/mol. The summed E-state index contributed by atoms with van der Waals surface area (Å²) in [5.74, 6) is 1.12. The number of thiazole rings is 1. The van der Waals surface area contributed by atoms with Crippen molar-refractivity contribution in [2.24, 2.45) is 16.9 Å². The fourth-order valence-electron chi connectivity index (χ4n) is 4.59. The van der Waals surface area contributed by atoms with E-state index in [1.54, 1.807) is 12.1 Å². The first-order valence-corrected chi connectivity index (χ1v) is 17.3. The number of amides is 1. The van der Waals surface area contributed by atoms with Gasteiger partial charge in [0, 0.05) is 28.7 Å². The van der Waals surface area contributed by atoms with Gasteiger partial charge in [-0.1, -0.05) is 55.0 Å². The standard InChI is InChI=1S/C32H37BrN4O6S2/c1-20(2)18-36(19-21(3)4)45(39,40)25-11-8-23(9-12-25)31(38)37(32-35-26-13-10-24(33)16-29(26)44-32)34-17-22-14-27(41-5)30(43-7)28(15-22)42-6/h8-17,20-21H,18-19H2,1-7H3/b34-17+. The van der Waals surface area contributed by atoms with E-state index in [0.29, 0.717) is 46.5 Å². The number of nitrogens with zero attached hydrogens (tertiary/aromatic N) is 4. The van der Waals surface area contributed by atoms with Crippen molar-refractivity contribution >= 4 is 64.8 Å².